The van der Waals surface area contributed by atoms with Gasteiger partial charge in [-0.1, -0.05) is 0 Å². The molecule has 6 nitrogen and oxygen atoms in total. The van der Waals surface area contributed by atoms with E-state index in [0.717, 1.165) is 6.92 Å². The van der Waals surface area contributed by atoms with Gasteiger partial charge in [-0.15, -0.1) is 0 Å². The van der Waals surface area contributed by atoms with E-state index >= 15 is 0 Å². The predicted octanol–water partition coefficient (Wildman–Crippen LogP) is 0.127. The fourth-order valence-corrected chi connectivity index (χ4v) is 0.592. The third kappa shape index (κ3) is 1.59. The Bertz CT molecular complexity index is 297. The van der Waals surface area contributed by atoms with E-state index in [2.05, 4.69) is 0 Å². The molecular formula is C7H7NO5. The summed E-state index contributed by atoms with van der Waals surface area (Å²) in [7, 11) is 0. The molecule has 0 aromatic rings. The number of nitriles is 1. The van der Waals surface area contributed by atoms with E-state index in [1.54, 1.807) is 0 Å². The zero-order valence-corrected chi connectivity index (χ0v) is 6.68. The highest BCUT2D eigenvalue weighted by Crippen LogP contribution is 2.26. The molecule has 0 atom stereocenters. The first-order chi connectivity index (χ1) is 5.91. The fourth-order valence-electron chi connectivity index (χ4n) is 0.592. The van der Waals surface area contributed by atoms with E-state index in [4.69, 9.17) is 20.6 Å². The van der Waals surface area contributed by atoms with E-state index in [9.17, 15) is 9.59 Å². The van der Waals surface area contributed by atoms with Crippen LogP contribution < -0.4 is 0 Å². The topological polar surface area (TPSA) is 119 Å². The van der Waals surface area contributed by atoms with Crippen molar-refractivity contribution in [2.75, 3.05) is 0 Å². The van der Waals surface area contributed by atoms with Crippen LogP contribution in [0.25, 0.3) is 0 Å². The molecule has 0 saturated heterocycles. The van der Waals surface area contributed by atoms with Gasteiger partial charge >= 0.3 is 11.9 Å². The molecular weight excluding hydrogens is 178 g/mol. The average molecular weight is 185 g/mol. The van der Waals surface area contributed by atoms with Gasteiger partial charge in [0.1, 0.15) is 0 Å². The molecule has 0 fully saturated rings. The quantitative estimate of drug-likeness (QED) is 0.326. The predicted molar refractivity (Wildman–Crippen MR) is 39.7 cm³/mol. The minimum atomic E-state index is -2.40. The van der Waals surface area contributed by atoms with Crippen LogP contribution in [0, 0.1) is 16.7 Å². The first-order valence-electron chi connectivity index (χ1n) is 3.13. The second-order valence-corrected chi connectivity index (χ2v) is 2.39. The van der Waals surface area contributed by atoms with Gasteiger partial charge in [-0.05, 0) is 6.92 Å². The Morgan fingerprint density at radius 3 is 1.85 bits per heavy atom. The Morgan fingerprint density at radius 1 is 1.38 bits per heavy atom. The highest BCUT2D eigenvalue weighted by atomic mass is 16.4. The van der Waals surface area contributed by atoms with E-state index < -0.39 is 22.9 Å². The van der Waals surface area contributed by atoms with Crippen LogP contribution in [0.2, 0.25) is 0 Å². The smallest absolute Gasteiger partial charge is 0.326 e. The maximum absolute atomic E-state index is 10.5. The molecule has 0 aromatic heterocycles. The van der Waals surface area contributed by atoms with Crippen molar-refractivity contribution in [1.29, 1.82) is 5.26 Å². The number of aliphatic hydroxyl groups excluding tert-OH is 1. The van der Waals surface area contributed by atoms with Crippen molar-refractivity contribution in [2.24, 2.45) is 5.41 Å². The van der Waals surface area contributed by atoms with Crippen LogP contribution >= 0.6 is 0 Å². The molecule has 0 aromatic carbocycles. The molecule has 3 N–H and O–H groups in total. The first kappa shape index (κ1) is 11.0. The summed E-state index contributed by atoms with van der Waals surface area (Å²) in [5, 5.41) is 33.9. The van der Waals surface area contributed by atoms with Crippen LogP contribution in [0.5, 0.6) is 0 Å². The minimum absolute atomic E-state index is 0.183. The molecule has 0 aliphatic heterocycles. The van der Waals surface area contributed by atoms with Crippen LogP contribution in [-0.2, 0) is 9.59 Å². The zero-order chi connectivity index (χ0) is 10.6. The number of nitrogens with zero attached hydrogens (tertiary/aromatic N) is 1. The standard InChI is InChI=1S/C7H7NO5/c1-7(5(10)11,6(12)13)4(2-8)3-9/h3,9H,1H3,(H,10,11)(H,12,13)/b4-3+. The minimum Gasteiger partial charge on any atom is -0.515 e. The maximum Gasteiger partial charge on any atom is 0.326 e. The SMILES string of the molecule is CC(C(=O)O)(C(=O)O)/C(C#N)=C/O. The van der Waals surface area contributed by atoms with Crippen molar-refractivity contribution in [2.45, 2.75) is 6.92 Å². The Hall–Kier alpha value is -2.03. The van der Waals surface area contributed by atoms with Crippen molar-refractivity contribution in [3.8, 4) is 6.07 Å². The third-order valence-electron chi connectivity index (χ3n) is 1.64. The molecule has 0 amide bonds. The Morgan fingerprint density at radius 2 is 1.77 bits per heavy atom. The highest BCUT2D eigenvalue weighted by molar-refractivity contribution is 6.02. The van der Waals surface area contributed by atoms with Gasteiger partial charge in [0.15, 0.2) is 5.41 Å². The Balaban J connectivity index is 5.41. The van der Waals surface area contributed by atoms with Gasteiger partial charge in [-0.25, -0.2) is 0 Å². The summed E-state index contributed by atoms with van der Waals surface area (Å²) >= 11 is 0. The lowest BCUT2D eigenvalue weighted by atomic mass is 9.83. The number of rotatable bonds is 3. The molecule has 13 heavy (non-hydrogen) atoms. The summed E-state index contributed by atoms with van der Waals surface area (Å²) in [6.45, 7) is 0.822. The van der Waals surface area contributed by atoms with Crippen LogP contribution in [0.1, 0.15) is 6.92 Å². The van der Waals surface area contributed by atoms with Gasteiger partial charge in [-0.2, -0.15) is 5.26 Å². The van der Waals surface area contributed by atoms with Crippen LogP contribution in [0.4, 0.5) is 0 Å². The van der Waals surface area contributed by atoms with Crippen LogP contribution in [0.15, 0.2) is 11.8 Å². The second kappa shape index (κ2) is 3.58. The molecule has 0 radical (unpaired) electrons. The summed E-state index contributed by atoms with van der Waals surface area (Å²) in [5.74, 6) is -3.41. The van der Waals surface area contributed by atoms with Crippen LogP contribution in [0.3, 0.4) is 0 Å². The third-order valence-corrected chi connectivity index (χ3v) is 1.64. The van der Waals surface area contributed by atoms with Crippen molar-refractivity contribution in [3.63, 3.8) is 0 Å². The molecule has 0 aliphatic rings. The molecule has 70 valence electrons. The average Bonchev–Trinajstić information content (AvgIpc) is 2.05. The number of hydrogen-bond acceptors (Lipinski definition) is 4. The summed E-state index contributed by atoms with van der Waals surface area (Å²) in [4.78, 5) is 21.1. The van der Waals surface area contributed by atoms with Crippen molar-refractivity contribution >= 4 is 11.9 Å². The molecule has 0 unspecified atom stereocenters. The number of aliphatic carboxylic acids is 2. The van der Waals surface area contributed by atoms with E-state index in [1.807, 2.05) is 0 Å². The number of aliphatic hydroxyl groups is 1. The second-order valence-electron chi connectivity index (χ2n) is 2.39. The molecule has 0 heterocycles. The van der Waals surface area contributed by atoms with Gasteiger partial charge < -0.3 is 15.3 Å². The van der Waals surface area contributed by atoms with E-state index in [1.165, 1.54) is 6.07 Å². The lowest BCUT2D eigenvalue weighted by molar-refractivity contribution is -0.159. The molecule has 0 bridgehead atoms. The highest BCUT2D eigenvalue weighted by Gasteiger charge is 2.46. The van der Waals surface area contributed by atoms with Crippen molar-refractivity contribution in [3.05, 3.63) is 11.8 Å². The number of carboxylic acid groups (broad SMARTS) is 2. The molecule has 6 heteroatoms. The van der Waals surface area contributed by atoms with Gasteiger partial charge in [0.25, 0.3) is 0 Å². The monoisotopic (exact) mass is 185 g/mol. The van der Waals surface area contributed by atoms with Gasteiger partial charge in [0.05, 0.1) is 17.9 Å². The molecule has 0 rings (SSSR count). The first-order valence-corrected chi connectivity index (χ1v) is 3.13. The van der Waals surface area contributed by atoms with E-state index in [-0.39, 0.29) is 6.26 Å². The van der Waals surface area contributed by atoms with Crippen molar-refractivity contribution in [1.82, 2.24) is 0 Å². The summed E-state index contributed by atoms with van der Waals surface area (Å²) in [6.07, 6.45) is 0.183. The summed E-state index contributed by atoms with van der Waals surface area (Å²) in [5.41, 5.74) is -3.13. The summed E-state index contributed by atoms with van der Waals surface area (Å²) in [6, 6.07) is 1.30. The van der Waals surface area contributed by atoms with E-state index in [0.29, 0.717) is 0 Å². The summed E-state index contributed by atoms with van der Waals surface area (Å²) < 4.78 is 0. The fraction of sp³-hybridized carbons (Fsp3) is 0.286. The van der Waals surface area contributed by atoms with Gasteiger partial charge in [0, 0.05) is 0 Å². The number of carbonyl (C=O) groups is 2. The zero-order valence-electron chi connectivity index (χ0n) is 6.68. The Labute approximate surface area is 73.3 Å². The number of carboxylic acids is 2. The molecule has 0 spiro atoms. The lowest BCUT2D eigenvalue weighted by Gasteiger charge is -2.17. The number of hydrogen-bond donors (Lipinski definition) is 3. The molecule has 0 aliphatic carbocycles. The van der Waals surface area contributed by atoms with Gasteiger partial charge in [-0.3, -0.25) is 9.59 Å². The van der Waals surface area contributed by atoms with Crippen LogP contribution in [-0.4, -0.2) is 27.3 Å². The largest absolute Gasteiger partial charge is 0.515 e. The van der Waals surface area contributed by atoms with Gasteiger partial charge in [0.2, 0.25) is 0 Å². The Kier molecular flexibility index (Phi) is 3.02. The molecule has 0 saturated carbocycles. The lowest BCUT2D eigenvalue weighted by Crippen LogP contribution is -2.37. The van der Waals surface area contributed by atoms with Crippen molar-refractivity contribution < 1.29 is 24.9 Å². The maximum atomic E-state index is 10.5. The normalized spacial score (nSPS) is 11.8.